The van der Waals surface area contributed by atoms with E-state index in [9.17, 15) is 0 Å². The molecule has 7 aromatic carbocycles. The Labute approximate surface area is 256 Å². The maximum Gasteiger partial charge on any atom is 0.160 e. The summed E-state index contributed by atoms with van der Waals surface area (Å²) in [5.41, 5.74) is 7.83. The van der Waals surface area contributed by atoms with Gasteiger partial charge >= 0.3 is 0 Å². The van der Waals surface area contributed by atoms with Gasteiger partial charge in [-0.3, -0.25) is 0 Å². The average Bonchev–Trinajstić information content (AvgIpc) is 3.11. The van der Waals surface area contributed by atoms with Gasteiger partial charge in [0.1, 0.15) is 12.0 Å². The SMILES string of the molecule is c1ccc(-c2ccc3ccccc3c2C2=NC(c3ccccc3)NC(c3ccc(-c4ccccc4)c4ccccc34)=N2)cc1. The normalized spacial score (nSPS) is 14.6. The summed E-state index contributed by atoms with van der Waals surface area (Å²) in [6.45, 7) is 0. The van der Waals surface area contributed by atoms with E-state index >= 15 is 0 Å². The van der Waals surface area contributed by atoms with Gasteiger partial charge in [0.2, 0.25) is 0 Å². The minimum Gasteiger partial charge on any atom is -0.344 e. The Morgan fingerprint density at radius 3 is 1.66 bits per heavy atom. The van der Waals surface area contributed by atoms with Crippen LogP contribution in [-0.4, -0.2) is 11.7 Å². The zero-order valence-corrected chi connectivity index (χ0v) is 24.1. The predicted octanol–water partition coefficient (Wildman–Crippen LogP) is 9.82. The van der Waals surface area contributed by atoms with Gasteiger partial charge in [0.15, 0.2) is 5.84 Å². The van der Waals surface area contributed by atoms with E-state index < -0.39 is 0 Å². The summed E-state index contributed by atoms with van der Waals surface area (Å²) >= 11 is 0. The number of hydrogen-bond acceptors (Lipinski definition) is 3. The molecule has 0 saturated heterocycles. The fourth-order valence-corrected chi connectivity index (χ4v) is 6.25. The summed E-state index contributed by atoms with van der Waals surface area (Å²) in [4.78, 5) is 10.6. The number of benzene rings is 7. The maximum absolute atomic E-state index is 5.34. The predicted molar refractivity (Wildman–Crippen MR) is 184 cm³/mol. The van der Waals surface area contributed by atoms with Gasteiger partial charge in [-0.05, 0) is 49.4 Å². The fourth-order valence-electron chi connectivity index (χ4n) is 6.25. The monoisotopic (exact) mass is 563 g/mol. The lowest BCUT2D eigenvalue weighted by molar-refractivity contribution is 0.675. The molecule has 3 heteroatoms. The van der Waals surface area contributed by atoms with E-state index in [4.69, 9.17) is 9.98 Å². The van der Waals surface area contributed by atoms with Crippen LogP contribution in [0.2, 0.25) is 0 Å². The minimum absolute atomic E-state index is 0.297. The molecule has 0 bridgehead atoms. The summed E-state index contributed by atoms with van der Waals surface area (Å²) < 4.78 is 0. The first-order chi connectivity index (χ1) is 21.8. The number of rotatable bonds is 5. The maximum atomic E-state index is 5.34. The van der Waals surface area contributed by atoms with Crippen LogP contribution in [0.5, 0.6) is 0 Å². The quantitative estimate of drug-likeness (QED) is 0.222. The third-order valence-electron chi connectivity index (χ3n) is 8.36. The highest BCUT2D eigenvalue weighted by molar-refractivity contribution is 6.23. The van der Waals surface area contributed by atoms with Crippen molar-refractivity contribution in [2.45, 2.75) is 6.17 Å². The van der Waals surface area contributed by atoms with Gasteiger partial charge in [0.25, 0.3) is 0 Å². The van der Waals surface area contributed by atoms with Crippen molar-refractivity contribution in [1.29, 1.82) is 0 Å². The van der Waals surface area contributed by atoms with Crippen molar-refractivity contribution >= 4 is 33.2 Å². The van der Waals surface area contributed by atoms with Gasteiger partial charge in [-0.25, -0.2) is 9.98 Å². The second-order valence-corrected chi connectivity index (χ2v) is 11.0. The molecule has 0 spiro atoms. The van der Waals surface area contributed by atoms with Gasteiger partial charge in [-0.1, -0.05) is 164 Å². The molecule has 3 nitrogen and oxygen atoms in total. The molecular weight excluding hydrogens is 534 g/mol. The molecule has 1 heterocycles. The molecule has 0 saturated carbocycles. The van der Waals surface area contributed by atoms with Crippen LogP contribution in [-0.2, 0) is 0 Å². The van der Waals surface area contributed by atoms with Crippen LogP contribution in [0.3, 0.4) is 0 Å². The average molecular weight is 564 g/mol. The van der Waals surface area contributed by atoms with Crippen LogP contribution in [0.1, 0.15) is 22.9 Å². The lowest BCUT2D eigenvalue weighted by Gasteiger charge is -2.26. The number of nitrogens with one attached hydrogen (secondary N) is 1. The molecule has 44 heavy (non-hydrogen) atoms. The Hall–Kier alpha value is -5.80. The van der Waals surface area contributed by atoms with Crippen molar-refractivity contribution in [3.63, 3.8) is 0 Å². The number of aliphatic imine (C=N–C) groups is 2. The second-order valence-electron chi connectivity index (χ2n) is 11.0. The second kappa shape index (κ2) is 11.1. The third-order valence-corrected chi connectivity index (χ3v) is 8.36. The van der Waals surface area contributed by atoms with Gasteiger partial charge in [-0.2, -0.15) is 0 Å². The van der Waals surface area contributed by atoms with E-state index in [-0.39, 0.29) is 6.17 Å². The zero-order valence-electron chi connectivity index (χ0n) is 24.1. The first kappa shape index (κ1) is 25.9. The van der Waals surface area contributed by atoms with Crippen LogP contribution < -0.4 is 5.32 Å². The van der Waals surface area contributed by atoms with E-state index in [0.29, 0.717) is 0 Å². The molecule has 1 aliphatic rings. The highest BCUT2D eigenvalue weighted by atomic mass is 15.2. The third kappa shape index (κ3) is 4.65. The Balaban J connectivity index is 1.38. The summed E-state index contributed by atoms with van der Waals surface area (Å²) in [5.74, 6) is 1.53. The summed E-state index contributed by atoms with van der Waals surface area (Å²) in [6, 6.07) is 57.5. The Kier molecular flexibility index (Phi) is 6.54. The lowest BCUT2D eigenvalue weighted by atomic mass is 9.92. The highest BCUT2D eigenvalue weighted by Crippen LogP contribution is 2.35. The van der Waals surface area contributed by atoms with Crippen LogP contribution in [0.25, 0.3) is 43.8 Å². The molecule has 1 aliphatic heterocycles. The molecule has 0 fully saturated rings. The molecule has 7 aromatic rings. The molecule has 0 aromatic heterocycles. The Morgan fingerprint density at radius 2 is 0.955 bits per heavy atom. The molecule has 208 valence electrons. The Bertz CT molecular complexity index is 2180. The molecule has 0 radical (unpaired) electrons. The van der Waals surface area contributed by atoms with Crippen molar-refractivity contribution in [2.24, 2.45) is 9.98 Å². The van der Waals surface area contributed by atoms with Crippen molar-refractivity contribution in [2.75, 3.05) is 0 Å². The topological polar surface area (TPSA) is 36.8 Å². The van der Waals surface area contributed by atoms with E-state index in [1.54, 1.807) is 0 Å². The van der Waals surface area contributed by atoms with Gasteiger partial charge in [-0.15, -0.1) is 0 Å². The van der Waals surface area contributed by atoms with E-state index in [1.165, 1.54) is 16.5 Å². The first-order valence-electron chi connectivity index (χ1n) is 15.0. The van der Waals surface area contributed by atoms with Gasteiger partial charge in [0, 0.05) is 11.1 Å². The largest absolute Gasteiger partial charge is 0.344 e. The van der Waals surface area contributed by atoms with Crippen LogP contribution in [0, 0.1) is 0 Å². The smallest absolute Gasteiger partial charge is 0.160 e. The zero-order chi connectivity index (χ0) is 29.3. The molecule has 1 unspecified atom stereocenters. The van der Waals surface area contributed by atoms with E-state index in [2.05, 4.69) is 163 Å². The standard InChI is InChI=1S/C41H29N3/c1-4-14-28(15-5-1)32-26-27-37(36-23-13-12-22-35(32)36)40-42-39(31-19-8-3-9-20-31)43-41(44-40)38-33-21-11-10-18-30(33)24-25-34(38)29-16-6-2-7-17-29/h1-27,39H,(H,42,43,44). The van der Waals surface area contributed by atoms with Crippen molar-refractivity contribution < 1.29 is 0 Å². The van der Waals surface area contributed by atoms with E-state index in [0.717, 1.165) is 55.6 Å². The van der Waals surface area contributed by atoms with Crippen LogP contribution in [0.15, 0.2) is 174 Å². The Morgan fingerprint density at radius 1 is 0.432 bits per heavy atom. The minimum atomic E-state index is -0.297. The van der Waals surface area contributed by atoms with E-state index in [1.807, 2.05) is 6.07 Å². The molecule has 1 atom stereocenters. The van der Waals surface area contributed by atoms with Gasteiger partial charge < -0.3 is 5.32 Å². The number of fused-ring (bicyclic) bond motifs is 2. The summed E-state index contributed by atoms with van der Waals surface area (Å²) in [6.07, 6.45) is -0.297. The molecule has 1 N–H and O–H groups in total. The molecule has 0 aliphatic carbocycles. The first-order valence-corrected chi connectivity index (χ1v) is 15.0. The summed E-state index contributed by atoms with van der Waals surface area (Å²) in [5, 5.41) is 8.34. The highest BCUT2D eigenvalue weighted by Gasteiger charge is 2.25. The number of hydrogen-bond donors (Lipinski definition) is 1. The van der Waals surface area contributed by atoms with Gasteiger partial charge in [0.05, 0.1) is 0 Å². The van der Waals surface area contributed by atoms with Crippen molar-refractivity contribution in [3.8, 4) is 22.3 Å². The molecular formula is C41H29N3. The van der Waals surface area contributed by atoms with Crippen molar-refractivity contribution in [1.82, 2.24) is 5.32 Å². The van der Waals surface area contributed by atoms with Crippen LogP contribution in [0.4, 0.5) is 0 Å². The van der Waals surface area contributed by atoms with Crippen molar-refractivity contribution in [3.05, 3.63) is 180 Å². The fraction of sp³-hybridized carbons (Fsp3) is 0.0244. The lowest BCUT2D eigenvalue weighted by Crippen LogP contribution is -2.34. The van der Waals surface area contributed by atoms with Crippen LogP contribution >= 0.6 is 0 Å². The molecule has 8 rings (SSSR count). The number of nitrogens with zero attached hydrogens (tertiary/aromatic N) is 2. The summed E-state index contributed by atoms with van der Waals surface area (Å²) in [7, 11) is 0. The molecule has 0 amide bonds. The number of amidine groups is 2.